The molecular weight excluding hydrogens is 314 g/mol. The fourth-order valence-corrected chi connectivity index (χ4v) is 3.75. The number of rotatable bonds is 7. The number of thioether (sulfide) groups is 1. The van der Waals surface area contributed by atoms with Crippen LogP contribution in [0.4, 0.5) is 0 Å². The minimum atomic E-state index is 0.0130. The van der Waals surface area contributed by atoms with E-state index >= 15 is 0 Å². The van der Waals surface area contributed by atoms with Crippen molar-refractivity contribution < 1.29 is 9.21 Å². The minimum absolute atomic E-state index is 0.0130. The van der Waals surface area contributed by atoms with Gasteiger partial charge in [-0.25, -0.2) is 0 Å². The van der Waals surface area contributed by atoms with Crippen molar-refractivity contribution >= 4 is 40.3 Å². The zero-order valence-electron chi connectivity index (χ0n) is 13.4. The van der Waals surface area contributed by atoms with Gasteiger partial charge in [0.05, 0.1) is 4.91 Å². The van der Waals surface area contributed by atoms with E-state index in [4.69, 9.17) is 16.6 Å². The Kier molecular flexibility index (Phi) is 6.26. The number of hydrogen-bond donors (Lipinski definition) is 0. The van der Waals surface area contributed by atoms with Crippen LogP contribution in [0.3, 0.4) is 0 Å². The number of nitrogens with zero attached hydrogens (tertiary/aromatic N) is 1. The Morgan fingerprint density at radius 1 is 1.41 bits per heavy atom. The Morgan fingerprint density at radius 2 is 2.18 bits per heavy atom. The summed E-state index contributed by atoms with van der Waals surface area (Å²) in [5.74, 6) is 2.08. The fourth-order valence-electron chi connectivity index (χ4n) is 2.49. The molecule has 120 valence electrons. The van der Waals surface area contributed by atoms with E-state index in [0.717, 1.165) is 25.1 Å². The van der Waals surface area contributed by atoms with Gasteiger partial charge in [0.1, 0.15) is 15.8 Å². The van der Waals surface area contributed by atoms with Crippen LogP contribution < -0.4 is 0 Å². The number of unbranched alkanes of at least 4 members (excludes halogenated alkanes) is 1. The number of carbonyl (C=O) groups excluding carboxylic acids is 1. The van der Waals surface area contributed by atoms with E-state index in [1.165, 1.54) is 24.6 Å². The van der Waals surface area contributed by atoms with Gasteiger partial charge in [-0.05, 0) is 31.4 Å². The highest BCUT2D eigenvalue weighted by Crippen LogP contribution is 2.34. The van der Waals surface area contributed by atoms with Crippen LogP contribution in [0.15, 0.2) is 21.5 Å². The molecule has 1 aromatic heterocycles. The topological polar surface area (TPSA) is 33.5 Å². The predicted molar refractivity (Wildman–Crippen MR) is 96.6 cm³/mol. The maximum atomic E-state index is 12.6. The second-order valence-corrected chi connectivity index (χ2v) is 7.33. The molecule has 0 aliphatic carbocycles. The molecule has 2 heterocycles. The molecule has 0 N–H and O–H groups in total. The van der Waals surface area contributed by atoms with Crippen molar-refractivity contribution in [1.82, 2.24) is 4.90 Å². The van der Waals surface area contributed by atoms with Gasteiger partial charge in [-0.2, -0.15) is 0 Å². The molecule has 1 amide bonds. The molecule has 1 fully saturated rings. The number of thiocarbonyl (C=S) groups is 1. The van der Waals surface area contributed by atoms with Gasteiger partial charge in [0, 0.05) is 12.6 Å². The summed E-state index contributed by atoms with van der Waals surface area (Å²) < 4.78 is 6.18. The standard InChI is InChI=1S/C17H23NO2S2/c1-4-6-7-13(5-2)11-18-16(19)15(22-17(18)21)10-14-9-8-12(3)20-14/h8-10,13H,4-7,11H2,1-3H3/b15-10-/t13-/m0/s1. The van der Waals surface area contributed by atoms with Crippen LogP contribution >= 0.6 is 24.0 Å². The highest BCUT2D eigenvalue weighted by atomic mass is 32.2. The summed E-state index contributed by atoms with van der Waals surface area (Å²) in [5.41, 5.74) is 0. The average molecular weight is 338 g/mol. The quantitative estimate of drug-likeness (QED) is 0.517. The monoisotopic (exact) mass is 337 g/mol. The van der Waals surface area contributed by atoms with Crippen LogP contribution in [-0.2, 0) is 4.79 Å². The molecule has 0 bridgehead atoms. The van der Waals surface area contributed by atoms with Crippen molar-refractivity contribution in [3.05, 3.63) is 28.6 Å². The van der Waals surface area contributed by atoms with Crippen LogP contribution in [0.25, 0.3) is 6.08 Å². The number of amides is 1. The lowest BCUT2D eigenvalue weighted by Gasteiger charge is -2.21. The van der Waals surface area contributed by atoms with Crippen LogP contribution in [0.2, 0.25) is 0 Å². The number of carbonyl (C=O) groups is 1. The lowest BCUT2D eigenvalue weighted by Crippen LogP contribution is -2.33. The van der Waals surface area contributed by atoms with Gasteiger partial charge in [0.2, 0.25) is 0 Å². The molecule has 0 spiro atoms. The van der Waals surface area contributed by atoms with Crippen molar-refractivity contribution in [2.24, 2.45) is 5.92 Å². The summed E-state index contributed by atoms with van der Waals surface area (Å²) >= 11 is 6.76. The second-order valence-electron chi connectivity index (χ2n) is 5.66. The van der Waals surface area contributed by atoms with Crippen LogP contribution in [0.1, 0.15) is 51.1 Å². The normalized spacial score (nSPS) is 18.5. The molecule has 0 unspecified atom stereocenters. The molecule has 22 heavy (non-hydrogen) atoms. The van der Waals surface area contributed by atoms with Gasteiger partial charge >= 0.3 is 0 Å². The van der Waals surface area contributed by atoms with Crippen molar-refractivity contribution in [3.63, 3.8) is 0 Å². The van der Waals surface area contributed by atoms with Crippen molar-refractivity contribution in [2.75, 3.05) is 6.54 Å². The van der Waals surface area contributed by atoms with Crippen molar-refractivity contribution in [3.8, 4) is 0 Å². The first kappa shape index (κ1) is 17.3. The Hall–Kier alpha value is -1.07. The maximum Gasteiger partial charge on any atom is 0.266 e. The van der Waals surface area contributed by atoms with E-state index in [9.17, 15) is 4.79 Å². The van der Waals surface area contributed by atoms with Gasteiger partial charge in [0.25, 0.3) is 5.91 Å². The molecule has 1 saturated heterocycles. The van der Waals surface area contributed by atoms with Crippen LogP contribution in [0, 0.1) is 12.8 Å². The lowest BCUT2D eigenvalue weighted by atomic mass is 9.99. The van der Waals surface area contributed by atoms with Crippen LogP contribution in [0.5, 0.6) is 0 Å². The second kappa shape index (κ2) is 7.97. The Labute approximate surface area is 142 Å². The van der Waals surface area contributed by atoms with E-state index in [-0.39, 0.29) is 5.91 Å². The minimum Gasteiger partial charge on any atom is -0.462 e. The molecule has 0 aromatic carbocycles. The summed E-state index contributed by atoms with van der Waals surface area (Å²) in [6.07, 6.45) is 6.41. The largest absolute Gasteiger partial charge is 0.462 e. The first-order chi connectivity index (χ1) is 10.5. The average Bonchev–Trinajstić information content (AvgIpc) is 3.01. The molecule has 2 rings (SSSR count). The summed E-state index contributed by atoms with van der Waals surface area (Å²) in [6, 6.07) is 3.77. The molecule has 5 heteroatoms. The first-order valence-corrected chi connectivity index (χ1v) is 9.09. The molecule has 1 aliphatic heterocycles. The van der Waals surface area contributed by atoms with Crippen LogP contribution in [-0.4, -0.2) is 21.7 Å². The zero-order chi connectivity index (χ0) is 16.1. The number of aryl methyl sites for hydroxylation is 1. The maximum absolute atomic E-state index is 12.6. The zero-order valence-corrected chi connectivity index (χ0v) is 15.1. The third-order valence-corrected chi connectivity index (χ3v) is 5.27. The third-order valence-electron chi connectivity index (χ3n) is 3.89. The van der Waals surface area contributed by atoms with Gasteiger partial charge in [-0.15, -0.1) is 0 Å². The molecule has 1 aromatic rings. The number of hydrogen-bond acceptors (Lipinski definition) is 4. The molecule has 1 aliphatic rings. The molecule has 0 saturated carbocycles. The Morgan fingerprint density at radius 3 is 2.77 bits per heavy atom. The fraction of sp³-hybridized carbons (Fsp3) is 0.529. The van der Waals surface area contributed by atoms with Crippen molar-refractivity contribution in [1.29, 1.82) is 0 Å². The highest BCUT2D eigenvalue weighted by molar-refractivity contribution is 8.26. The van der Waals surface area contributed by atoms with E-state index in [1.807, 2.05) is 19.1 Å². The predicted octanol–water partition coefficient (Wildman–Crippen LogP) is 5.01. The van der Waals surface area contributed by atoms with Gasteiger partial charge in [-0.3, -0.25) is 9.69 Å². The number of furan rings is 1. The third kappa shape index (κ3) is 4.23. The summed E-state index contributed by atoms with van der Waals surface area (Å²) in [6.45, 7) is 7.00. The highest BCUT2D eigenvalue weighted by Gasteiger charge is 2.33. The molecule has 1 atom stereocenters. The Balaban J connectivity index is 2.06. The SMILES string of the molecule is CCCC[C@H](CC)CN1C(=O)/C(=C/c2ccc(C)o2)SC1=S. The Bertz CT molecular complexity index is 577. The van der Waals surface area contributed by atoms with Crippen molar-refractivity contribution in [2.45, 2.75) is 46.5 Å². The molecule has 0 radical (unpaired) electrons. The summed E-state index contributed by atoms with van der Waals surface area (Å²) in [4.78, 5) is 15.0. The van der Waals surface area contributed by atoms with E-state index in [1.54, 1.807) is 11.0 Å². The lowest BCUT2D eigenvalue weighted by molar-refractivity contribution is -0.122. The van der Waals surface area contributed by atoms with E-state index < -0.39 is 0 Å². The first-order valence-electron chi connectivity index (χ1n) is 7.87. The van der Waals surface area contributed by atoms with Gasteiger partial charge in [0.15, 0.2) is 0 Å². The van der Waals surface area contributed by atoms with E-state index in [2.05, 4.69) is 13.8 Å². The van der Waals surface area contributed by atoms with E-state index in [0.29, 0.717) is 20.9 Å². The summed E-state index contributed by atoms with van der Waals surface area (Å²) in [5, 5.41) is 0. The van der Waals surface area contributed by atoms with Gasteiger partial charge < -0.3 is 4.42 Å². The molecular formula is C17H23NO2S2. The van der Waals surface area contributed by atoms with Gasteiger partial charge in [-0.1, -0.05) is 57.1 Å². The molecule has 3 nitrogen and oxygen atoms in total. The smallest absolute Gasteiger partial charge is 0.266 e. The summed E-state index contributed by atoms with van der Waals surface area (Å²) in [7, 11) is 0.